The summed E-state index contributed by atoms with van der Waals surface area (Å²) in [6.07, 6.45) is 5.14. The van der Waals surface area contributed by atoms with Gasteiger partial charge in [0.1, 0.15) is 17.3 Å². The van der Waals surface area contributed by atoms with E-state index in [1.165, 1.54) is 5.56 Å². The lowest BCUT2D eigenvalue weighted by atomic mass is 10.0. The largest absolute Gasteiger partial charge is 0.497 e. The van der Waals surface area contributed by atoms with E-state index in [4.69, 9.17) is 9.47 Å². The first-order chi connectivity index (χ1) is 12.3. The summed E-state index contributed by atoms with van der Waals surface area (Å²) in [6.45, 7) is 2.82. The van der Waals surface area contributed by atoms with Crippen LogP contribution < -0.4 is 19.7 Å². The van der Waals surface area contributed by atoms with E-state index in [2.05, 4.69) is 27.3 Å². The predicted octanol–water partition coefficient (Wildman–Crippen LogP) is 3.17. The number of methoxy groups -OCH3 is 1. The number of benzene rings is 1. The van der Waals surface area contributed by atoms with Gasteiger partial charge in [-0.25, -0.2) is 4.98 Å². The standard InChI is InChI=1S/C20H25N3O2/c1-24-16-7-8-19-17(13-16)18(5-4-12-25-19)22-15-9-11-23(14-15)20-6-2-3-10-21-20/h2-3,6-8,10,13,15,18,22H,4-5,9,11-12,14H2,1H3/t15-,18+/m1/s1. The van der Waals surface area contributed by atoms with E-state index in [0.717, 1.165) is 56.3 Å². The van der Waals surface area contributed by atoms with Crippen LogP contribution in [-0.2, 0) is 0 Å². The van der Waals surface area contributed by atoms with Gasteiger partial charge in [0.25, 0.3) is 0 Å². The van der Waals surface area contributed by atoms with Gasteiger partial charge < -0.3 is 19.7 Å². The molecule has 5 nitrogen and oxygen atoms in total. The van der Waals surface area contributed by atoms with Gasteiger partial charge >= 0.3 is 0 Å². The molecule has 2 aliphatic heterocycles. The number of hydrogen-bond acceptors (Lipinski definition) is 5. The smallest absolute Gasteiger partial charge is 0.128 e. The molecule has 2 aromatic rings. The summed E-state index contributed by atoms with van der Waals surface area (Å²) >= 11 is 0. The van der Waals surface area contributed by atoms with Crippen molar-refractivity contribution >= 4 is 5.82 Å². The SMILES string of the molecule is COc1ccc2c(c1)[C@@H](N[C@@H]1CCN(c3ccccn3)C1)CCCO2. The third-order valence-corrected chi connectivity index (χ3v) is 5.09. The minimum absolute atomic E-state index is 0.307. The molecule has 1 fully saturated rings. The van der Waals surface area contributed by atoms with Crippen molar-refractivity contribution in [3.63, 3.8) is 0 Å². The number of rotatable bonds is 4. The summed E-state index contributed by atoms with van der Waals surface area (Å²) in [5.41, 5.74) is 1.22. The molecule has 25 heavy (non-hydrogen) atoms. The number of aromatic nitrogens is 1. The van der Waals surface area contributed by atoms with Gasteiger partial charge in [-0.2, -0.15) is 0 Å². The average molecular weight is 339 g/mol. The van der Waals surface area contributed by atoms with Crippen molar-refractivity contribution in [1.29, 1.82) is 0 Å². The van der Waals surface area contributed by atoms with Crippen LogP contribution in [-0.4, -0.2) is 37.8 Å². The summed E-state index contributed by atoms with van der Waals surface area (Å²) in [6, 6.07) is 13.0. The second-order valence-electron chi connectivity index (χ2n) is 6.73. The summed E-state index contributed by atoms with van der Waals surface area (Å²) in [5, 5.41) is 3.86. The monoisotopic (exact) mass is 339 g/mol. The maximum absolute atomic E-state index is 5.92. The normalized spacial score (nSPS) is 22.8. The van der Waals surface area contributed by atoms with Crippen LogP contribution in [0, 0.1) is 0 Å². The molecule has 0 saturated carbocycles. The topological polar surface area (TPSA) is 46.6 Å². The summed E-state index contributed by atoms with van der Waals surface area (Å²) in [7, 11) is 1.71. The number of nitrogens with one attached hydrogen (secondary N) is 1. The lowest BCUT2D eigenvalue weighted by Gasteiger charge is -2.24. The van der Waals surface area contributed by atoms with E-state index < -0.39 is 0 Å². The Bertz CT molecular complexity index is 707. The van der Waals surface area contributed by atoms with Crippen molar-refractivity contribution in [2.75, 3.05) is 31.7 Å². The maximum atomic E-state index is 5.92. The fraction of sp³-hybridized carbons (Fsp3) is 0.450. The van der Waals surface area contributed by atoms with Gasteiger partial charge in [-0.3, -0.25) is 0 Å². The Kier molecular flexibility index (Phi) is 4.74. The van der Waals surface area contributed by atoms with Gasteiger partial charge in [-0.05, 0) is 49.6 Å². The van der Waals surface area contributed by atoms with Crippen molar-refractivity contribution < 1.29 is 9.47 Å². The van der Waals surface area contributed by atoms with Gasteiger partial charge in [0.05, 0.1) is 13.7 Å². The molecule has 1 aromatic carbocycles. The van der Waals surface area contributed by atoms with Crippen LogP contribution in [0.4, 0.5) is 5.82 Å². The fourth-order valence-corrected chi connectivity index (χ4v) is 3.79. The van der Waals surface area contributed by atoms with Crippen LogP contribution >= 0.6 is 0 Å². The number of ether oxygens (including phenoxy) is 2. The Labute approximate surface area is 149 Å². The highest BCUT2D eigenvalue weighted by atomic mass is 16.5. The zero-order valence-electron chi connectivity index (χ0n) is 14.6. The molecular weight excluding hydrogens is 314 g/mol. The molecule has 1 N–H and O–H groups in total. The highest BCUT2D eigenvalue weighted by Gasteiger charge is 2.28. The number of fused-ring (bicyclic) bond motifs is 1. The molecule has 0 unspecified atom stereocenters. The van der Waals surface area contributed by atoms with Crippen molar-refractivity contribution in [2.24, 2.45) is 0 Å². The highest BCUT2D eigenvalue weighted by molar-refractivity contribution is 5.43. The molecule has 3 heterocycles. The first-order valence-corrected chi connectivity index (χ1v) is 9.06. The number of pyridine rings is 1. The summed E-state index contributed by atoms with van der Waals surface area (Å²) in [4.78, 5) is 6.84. The second kappa shape index (κ2) is 7.31. The maximum Gasteiger partial charge on any atom is 0.128 e. The van der Waals surface area contributed by atoms with Crippen LogP contribution in [0.3, 0.4) is 0 Å². The molecule has 0 spiro atoms. The fourth-order valence-electron chi connectivity index (χ4n) is 3.79. The lowest BCUT2D eigenvalue weighted by Crippen LogP contribution is -2.35. The van der Waals surface area contributed by atoms with E-state index >= 15 is 0 Å². The molecule has 1 aromatic heterocycles. The van der Waals surface area contributed by atoms with Crippen LogP contribution in [0.1, 0.15) is 30.9 Å². The zero-order chi connectivity index (χ0) is 17.1. The Morgan fingerprint density at radius 2 is 2.20 bits per heavy atom. The molecule has 5 heteroatoms. The number of nitrogens with zero attached hydrogens (tertiary/aromatic N) is 2. The van der Waals surface area contributed by atoms with Crippen LogP contribution in [0.5, 0.6) is 11.5 Å². The van der Waals surface area contributed by atoms with Gasteiger partial charge in [-0.15, -0.1) is 0 Å². The third kappa shape index (κ3) is 3.56. The molecule has 2 atom stereocenters. The minimum atomic E-state index is 0.307. The van der Waals surface area contributed by atoms with E-state index in [1.54, 1.807) is 7.11 Å². The molecule has 132 valence electrons. The van der Waals surface area contributed by atoms with E-state index in [1.807, 2.05) is 30.5 Å². The average Bonchev–Trinajstić information content (AvgIpc) is 3.04. The minimum Gasteiger partial charge on any atom is -0.497 e. The number of hydrogen-bond donors (Lipinski definition) is 1. The highest BCUT2D eigenvalue weighted by Crippen LogP contribution is 2.35. The zero-order valence-corrected chi connectivity index (χ0v) is 14.6. The van der Waals surface area contributed by atoms with Gasteiger partial charge in [0.2, 0.25) is 0 Å². The van der Waals surface area contributed by atoms with Crippen LogP contribution in [0.15, 0.2) is 42.6 Å². The van der Waals surface area contributed by atoms with Crippen molar-refractivity contribution in [3.8, 4) is 11.5 Å². The quantitative estimate of drug-likeness (QED) is 0.927. The molecule has 2 aliphatic rings. The van der Waals surface area contributed by atoms with Crippen LogP contribution in [0.2, 0.25) is 0 Å². The summed E-state index contributed by atoms with van der Waals surface area (Å²) in [5.74, 6) is 2.94. The van der Waals surface area contributed by atoms with E-state index in [9.17, 15) is 0 Å². The molecule has 4 rings (SSSR count). The molecule has 0 aliphatic carbocycles. The second-order valence-corrected chi connectivity index (χ2v) is 6.73. The van der Waals surface area contributed by atoms with Gasteiger partial charge in [0.15, 0.2) is 0 Å². The van der Waals surface area contributed by atoms with E-state index in [0.29, 0.717) is 12.1 Å². The third-order valence-electron chi connectivity index (χ3n) is 5.09. The van der Waals surface area contributed by atoms with Crippen molar-refractivity contribution in [3.05, 3.63) is 48.2 Å². The lowest BCUT2D eigenvalue weighted by molar-refractivity contribution is 0.314. The van der Waals surface area contributed by atoms with E-state index in [-0.39, 0.29) is 0 Å². The van der Waals surface area contributed by atoms with Gasteiger partial charge in [-0.1, -0.05) is 6.07 Å². The molecule has 0 radical (unpaired) electrons. The predicted molar refractivity (Wildman–Crippen MR) is 98.5 cm³/mol. The summed E-state index contributed by atoms with van der Waals surface area (Å²) < 4.78 is 11.3. The van der Waals surface area contributed by atoms with Crippen molar-refractivity contribution in [1.82, 2.24) is 10.3 Å². The van der Waals surface area contributed by atoms with Gasteiger partial charge in [0, 0.05) is 36.9 Å². The molecule has 0 bridgehead atoms. The molecule has 1 saturated heterocycles. The number of anilines is 1. The molecular formula is C20H25N3O2. The first-order valence-electron chi connectivity index (χ1n) is 9.06. The van der Waals surface area contributed by atoms with Crippen LogP contribution in [0.25, 0.3) is 0 Å². The Hall–Kier alpha value is -2.27. The Morgan fingerprint density at radius 3 is 3.04 bits per heavy atom. The van der Waals surface area contributed by atoms with Crippen molar-refractivity contribution in [2.45, 2.75) is 31.3 Å². The Morgan fingerprint density at radius 1 is 1.24 bits per heavy atom. The molecule has 0 amide bonds. The Balaban J connectivity index is 1.48. The first kappa shape index (κ1) is 16.2.